The van der Waals surface area contributed by atoms with Gasteiger partial charge in [-0.15, -0.1) is 0 Å². The first-order valence-electron chi connectivity index (χ1n) is 6.21. The SMILES string of the molecule is CC(=O)c1c(C)nc(C)nc1NC(=O)c1ccccc1. The Morgan fingerprint density at radius 2 is 1.70 bits per heavy atom. The summed E-state index contributed by atoms with van der Waals surface area (Å²) in [5.74, 6) is 0.295. The van der Waals surface area contributed by atoms with Crippen molar-refractivity contribution in [3.05, 3.63) is 53.0 Å². The van der Waals surface area contributed by atoms with E-state index in [1.54, 1.807) is 38.1 Å². The van der Waals surface area contributed by atoms with Crippen molar-refractivity contribution in [2.75, 3.05) is 5.32 Å². The minimum absolute atomic E-state index is 0.175. The maximum absolute atomic E-state index is 12.1. The number of hydrogen-bond acceptors (Lipinski definition) is 4. The smallest absolute Gasteiger partial charge is 0.256 e. The fourth-order valence-corrected chi connectivity index (χ4v) is 1.99. The summed E-state index contributed by atoms with van der Waals surface area (Å²) in [6, 6.07) is 8.78. The Kier molecular flexibility index (Phi) is 3.89. The van der Waals surface area contributed by atoms with E-state index in [-0.39, 0.29) is 17.5 Å². The van der Waals surface area contributed by atoms with Crippen LogP contribution in [0, 0.1) is 13.8 Å². The molecule has 0 aliphatic carbocycles. The van der Waals surface area contributed by atoms with E-state index >= 15 is 0 Å². The average molecular weight is 269 g/mol. The molecule has 2 aromatic rings. The first-order valence-corrected chi connectivity index (χ1v) is 6.21. The second-order valence-corrected chi connectivity index (χ2v) is 4.46. The molecule has 1 aromatic heterocycles. The number of carbonyl (C=O) groups is 2. The molecule has 0 unspecified atom stereocenters. The summed E-state index contributed by atoms with van der Waals surface area (Å²) < 4.78 is 0. The molecule has 0 radical (unpaired) electrons. The molecule has 20 heavy (non-hydrogen) atoms. The van der Waals surface area contributed by atoms with E-state index in [0.29, 0.717) is 22.6 Å². The fraction of sp³-hybridized carbons (Fsp3) is 0.200. The third kappa shape index (κ3) is 2.88. The number of Topliss-reactive ketones (excluding diaryl/α,β-unsaturated/α-hetero) is 1. The molecule has 5 heteroatoms. The standard InChI is InChI=1S/C15H15N3O2/c1-9-13(10(2)19)14(17-11(3)16-9)18-15(20)12-7-5-4-6-8-12/h4-8H,1-3H3,(H,16,17,18,20). The number of aryl methyl sites for hydroxylation is 2. The molecule has 0 bridgehead atoms. The van der Waals surface area contributed by atoms with Crippen LogP contribution in [0.5, 0.6) is 0 Å². The molecule has 5 nitrogen and oxygen atoms in total. The topological polar surface area (TPSA) is 72.0 Å². The molecule has 102 valence electrons. The van der Waals surface area contributed by atoms with Gasteiger partial charge in [0.1, 0.15) is 11.6 Å². The van der Waals surface area contributed by atoms with E-state index in [1.165, 1.54) is 6.92 Å². The lowest BCUT2D eigenvalue weighted by Gasteiger charge is -2.11. The molecule has 1 N–H and O–H groups in total. The number of rotatable bonds is 3. The van der Waals surface area contributed by atoms with Gasteiger partial charge in [0, 0.05) is 5.56 Å². The van der Waals surface area contributed by atoms with Crippen LogP contribution in [0.2, 0.25) is 0 Å². The lowest BCUT2D eigenvalue weighted by atomic mass is 10.1. The molecular formula is C15H15N3O2. The van der Waals surface area contributed by atoms with Crippen LogP contribution in [0.15, 0.2) is 30.3 Å². The zero-order chi connectivity index (χ0) is 14.7. The van der Waals surface area contributed by atoms with E-state index < -0.39 is 0 Å². The number of amides is 1. The number of benzene rings is 1. The van der Waals surface area contributed by atoms with Crippen LogP contribution in [0.25, 0.3) is 0 Å². The summed E-state index contributed by atoms with van der Waals surface area (Å²) in [6.45, 7) is 4.87. The molecule has 1 aromatic carbocycles. The van der Waals surface area contributed by atoms with Gasteiger partial charge in [-0.3, -0.25) is 9.59 Å². The van der Waals surface area contributed by atoms with Crippen LogP contribution >= 0.6 is 0 Å². The number of nitrogens with one attached hydrogen (secondary N) is 1. The highest BCUT2D eigenvalue weighted by atomic mass is 16.2. The van der Waals surface area contributed by atoms with Gasteiger partial charge in [-0.25, -0.2) is 9.97 Å². The third-order valence-electron chi connectivity index (χ3n) is 2.82. The van der Waals surface area contributed by atoms with Crippen LogP contribution in [-0.2, 0) is 0 Å². The second-order valence-electron chi connectivity index (χ2n) is 4.46. The summed E-state index contributed by atoms with van der Waals surface area (Å²) >= 11 is 0. The maximum atomic E-state index is 12.1. The Hall–Kier alpha value is -2.56. The Bertz CT molecular complexity index is 666. The largest absolute Gasteiger partial charge is 0.306 e. The van der Waals surface area contributed by atoms with Gasteiger partial charge in [0.05, 0.1) is 11.3 Å². The van der Waals surface area contributed by atoms with Gasteiger partial charge in [-0.1, -0.05) is 18.2 Å². The van der Waals surface area contributed by atoms with E-state index in [4.69, 9.17) is 0 Å². The molecule has 1 heterocycles. The van der Waals surface area contributed by atoms with E-state index in [9.17, 15) is 9.59 Å². The fourth-order valence-electron chi connectivity index (χ4n) is 1.99. The van der Waals surface area contributed by atoms with Crippen molar-refractivity contribution in [2.45, 2.75) is 20.8 Å². The molecular weight excluding hydrogens is 254 g/mol. The highest BCUT2D eigenvalue weighted by molar-refractivity contribution is 6.08. The lowest BCUT2D eigenvalue weighted by Crippen LogP contribution is -2.17. The second kappa shape index (κ2) is 5.61. The summed E-state index contributed by atoms with van der Waals surface area (Å²) in [5, 5.41) is 2.68. The number of aromatic nitrogens is 2. The first-order chi connectivity index (χ1) is 9.49. The molecule has 0 aliphatic heterocycles. The number of ketones is 1. The zero-order valence-corrected chi connectivity index (χ0v) is 11.6. The molecule has 2 rings (SSSR count). The minimum Gasteiger partial charge on any atom is -0.306 e. The summed E-state index contributed by atoms with van der Waals surface area (Å²) in [5.41, 5.74) is 1.42. The van der Waals surface area contributed by atoms with Gasteiger partial charge in [-0.2, -0.15) is 0 Å². The van der Waals surface area contributed by atoms with Gasteiger partial charge in [0.15, 0.2) is 5.78 Å². The van der Waals surface area contributed by atoms with Crippen molar-refractivity contribution >= 4 is 17.5 Å². The number of nitrogens with zero attached hydrogens (tertiary/aromatic N) is 2. The van der Waals surface area contributed by atoms with Gasteiger partial charge in [0.25, 0.3) is 5.91 Å². The van der Waals surface area contributed by atoms with Crippen molar-refractivity contribution < 1.29 is 9.59 Å². The van der Waals surface area contributed by atoms with Gasteiger partial charge >= 0.3 is 0 Å². The molecule has 1 amide bonds. The van der Waals surface area contributed by atoms with E-state index in [0.717, 1.165) is 0 Å². The monoisotopic (exact) mass is 269 g/mol. The summed E-state index contributed by atoms with van der Waals surface area (Å²) in [7, 11) is 0. The first kappa shape index (κ1) is 13.9. The van der Waals surface area contributed by atoms with Crippen molar-refractivity contribution in [1.29, 1.82) is 0 Å². The summed E-state index contributed by atoms with van der Waals surface area (Å²) in [6.07, 6.45) is 0. The van der Waals surface area contributed by atoms with Crippen molar-refractivity contribution in [2.24, 2.45) is 0 Å². The Balaban J connectivity index is 2.39. The Morgan fingerprint density at radius 1 is 1.05 bits per heavy atom. The summed E-state index contributed by atoms with van der Waals surface area (Å²) in [4.78, 5) is 32.1. The van der Waals surface area contributed by atoms with Gasteiger partial charge in [0.2, 0.25) is 0 Å². The van der Waals surface area contributed by atoms with Crippen LogP contribution in [0.1, 0.15) is 39.2 Å². The molecule has 0 atom stereocenters. The normalized spacial score (nSPS) is 10.2. The van der Waals surface area contributed by atoms with E-state index in [1.807, 2.05) is 6.07 Å². The molecule has 0 saturated heterocycles. The number of carbonyl (C=O) groups excluding carboxylic acids is 2. The number of hydrogen-bond donors (Lipinski definition) is 1. The number of anilines is 1. The minimum atomic E-state index is -0.300. The van der Waals surface area contributed by atoms with Crippen LogP contribution < -0.4 is 5.32 Å². The van der Waals surface area contributed by atoms with Gasteiger partial charge < -0.3 is 5.32 Å². The van der Waals surface area contributed by atoms with Crippen LogP contribution in [-0.4, -0.2) is 21.7 Å². The quantitative estimate of drug-likeness (QED) is 0.869. The third-order valence-corrected chi connectivity index (χ3v) is 2.82. The van der Waals surface area contributed by atoms with Crippen LogP contribution in [0.4, 0.5) is 5.82 Å². The molecule has 0 fully saturated rings. The predicted molar refractivity (Wildman–Crippen MR) is 75.9 cm³/mol. The Morgan fingerprint density at radius 3 is 2.30 bits per heavy atom. The molecule has 0 aliphatic rings. The highest BCUT2D eigenvalue weighted by Gasteiger charge is 2.17. The predicted octanol–water partition coefficient (Wildman–Crippen LogP) is 2.55. The van der Waals surface area contributed by atoms with E-state index in [2.05, 4.69) is 15.3 Å². The van der Waals surface area contributed by atoms with Crippen molar-refractivity contribution in [3.8, 4) is 0 Å². The van der Waals surface area contributed by atoms with Gasteiger partial charge in [-0.05, 0) is 32.9 Å². The average Bonchev–Trinajstić information content (AvgIpc) is 2.38. The Labute approximate surface area is 117 Å². The zero-order valence-electron chi connectivity index (χ0n) is 11.6. The van der Waals surface area contributed by atoms with Crippen molar-refractivity contribution in [3.63, 3.8) is 0 Å². The molecule has 0 spiro atoms. The highest BCUT2D eigenvalue weighted by Crippen LogP contribution is 2.17. The van der Waals surface area contributed by atoms with Crippen molar-refractivity contribution in [1.82, 2.24) is 9.97 Å². The maximum Gasteiger partial charge on any atom is 0.256 e. The van der Waals surface area contributed by atoms with Crippen LogP contribution in [0.3, 0.4) is 0 Å². The molecule has 0 saturated carbocycles. The lowest BCUT2D eigenvalue weighted by molar-refractivity contribution is 0.101.